The lowest BCUT2D eigenvalue weighted by molar-refractivity contribution is 0.740. The molecule has 0 bridgehead atoms. The molecule has 0 spiro atoms. The molecule has 0 saturated carbocycles. The monoisotopic (exact) mass is 272 g/mol. The van der Waals surface area contributed by atoms with Gasteiger partial charge in [0.05, 0.1) is 0 Å². The van der Waals surface area contributed by atoms with Gasteiger partial charge in [0.25, 0.3) is 0 Å². The van der Waals surface area contributed by atoms with Gasteiger partial charge in [0, 0.05) is 12.6 Å². The Morgan fingerprint density at radius 3 is 2.89 bits per heavy atom. The van der Waals surface area contributed by atoms with E-state index in [4.69, 9.17) is 12.2 Å². The van der Waals surface area contributed by atoms with Crippen molar-refractivity contribution in [3.8, 4) is 0 Å². The molecule has 1 aromatic carbocycles. The van der Waals surface area contributed by atoms with Crippen LogP contribution >= 0.6 is 12.2 Å². The molecule has 5 heteroatoms. The van der Waals surface area contributed by atoms with E-state index in [0.717, 1.165) is 24.2 Å². The van der Waals surface area contributed by atoms with Crippen LogP contribution in [-0.2, 0) is 6.42 Å². The van der Waals surface area contributed by atoms with Crippen LogP contribution in [-0.4, -0.2) is 21.1 Å². The molecule has 0 amide bonds. The third-order valence-corrected chi connectivity index (χ3v) is 2.81. The fourth-order valence-corrected chi connectivity index (χ4v) is 1.85. The van der Waals surface area contributed by atoms with E-state index in [0.29, 0.717) is 4.77 Å². The van der Waals surface area contributed by atoms with Gasteiger partial charge in [-0.25, -0.2) is 0 Å². The summed E-state index contributed by atoms with van der Waals surface area (Å²) in [4.78, 5) is 0. The molecule has 98 valence electrons. The third-order valence-electron chi connectivity index (χ3n) is 2.55. The number of benzene rings is 1. The van der Waals surface area contributed by atoms with Gasteiger partial charge >= 0.3 is 0 Å². The van der Waals surface area contributed by atoms with Gasteiger partial charge in [-0.05, 0) is 30.3 Å². The van der Waals surface area contributed by atoms with E-state index >= 15 is 0 Å². The minimum absolute atomic E-state index is 0.521. The number of allylic oxidation sites excluding steroid dienone is 1. The molecule has 19 heavy (non-hydrogen) atoms. The average Bonchev–Trinajstić information content (AvgIpc) is 2.78. The fraction of sp³-hybridized carbons (Fsp3) is 0.214. The van der Waals surface area contributed by atoms with Crippen LogP contribution < -0.4 is 0 Å². The Labute approximate surface area is 117 Å². The molecule has 2 rings (SSSR count). The highest BCUT2D eigenvalue weighted by molar-refractivity contribution is 7.71. The van der Waals surface area contributed by atoms with Gasteiger partial charge in [0.15, 0.2) is 5.82 Å². The number of aromatic amines is 1. The zero-order chi connectivity index (χ0) is 13.5. The van der Waals surface area contributed by atoms with Crippen LogP contribution in [0, 0.1) is 4.77 Å². The molecule has 0 aliphatic heterocycles. The summed E-state index contributed by atoms with van der Waals surface area (Å²) >= 11 is 5.14. The van der Waals surface area contributed by atoms with Crippen molar-refractivity contribution >= 4 is 24.5 Å². The van der Waals surface area contributed by atoms with Gasteiger partial charge in [-0.2, -0.15) is 14.9 Å². The Morgan fingerprint density at radius 1 is 1.37 bits per heavy atom. The largest absolute Gasteiger partial charge is 0.250 e. The van der Waals surface area contributed by atoms with Crippen molar-refractivity contribution in [1.82, 2.24) is 14.9 Å². The predicted molar refractivity (Wildman–Crippen MR) is 80.8 cm³/mol. The number of nitrogens with one attached hydrogen (secondary N) is 1. The number of nitrogens with zero attached hydrogens (tertiary/aromatic N) is 3. The zero-order valence-corrected chi connectivity index (χ0v) is 11.6. The van der Waals surface area contributed by atoms with Crippen LogP contribution in [0.25, 0.3) is 6.08 Å². The molecule has 0 aliphatic carbocycles. The van der Waals surface area contributed by atoms with E-state index in [1.165, 1.54) is 0 Å². The molecule has 1 heterocycles. The van der Waals surface area contributed by atoms with E-state index in [2.05, 4.69) is 22.2 Å². The van der Waals surface area contributed by atoms with Crippen molar-refractivity contribution in [1.29, 1.82) is 0 Å². The number of rotatable bonds is 5. The van der Waals surface area contributed by atoms with Crippen molar-refractivity contribution in [2.45, 2.75) is 19.8 Å². The predicted octanol–water partition coefficient (Wildman–Crippen LogP) is 3.44. The van der Waals surface area contributed by atoms with E-state index < -0.39 is 0 Å². The summed E-state index contributed by atoms with van der Waals surface area (Å²) in [6.45, 7) is 2.10. The maximum atomic E-state index is 5.14. The average molecular weight is 272 g/mol. The lowest BCUT2D eigenvalue weighted by atomic mass is 10.2. The minimum atomic E-state index is 0.521. The van der Waals surface area contributed by atoms with Gasteiger partial charge in [-0.3, -0.25) is 5.10 Å². The standard InChI is InChI=1S/C14H16N4S/c1-2-7-13-16-17-14(19)18(13)15-11-6-10-12-8-4-3-5-9-12/h3-6,8-11H,2,7H2,1H3,(H,17,19)/b10-6-,15-11-. The summed E-state index contributed by atoms with van der Waals surface area (Å²) in [7, 11) is 0. The number of aryl methyl sites for hydroxylation is 1. The molecule has 0 saturated heterocycles. The Balaban J connectivity index is 2.09. The molecular weight excluding hydrogens is 256 g/mol. The maximum Gasteiger partial charge on any atom is 0.216 e. The first-order chi connectivity index (χ1) is 9.31. The normalized spacial score (nSPS) is 11.6. The first-order valence-electron chi connectivity index (χ1n) is 6.23. The topological polar surface area (TPSA) is 46.0 Å². The number of hydrogen-bond acceptors (Lipinski definition) is 3. The molecule has 0 atom stereocenters. The van der Waals surface area contributed by atoms with E-state index in [-0.39, 0.29) is 0 Å². The Kier molecular flexibility index (Phi) is 4.80. The molecule has 0 radical (unpaired) electrons. The fourth-order valence-electron chi connectivity index (χ4n) is 1.65. The lowest BCUT2D eigenvalue weighted by Gasteiger charge is -1.96. The van der Waals surface area contributed by atoms with E-state index in [1.54, 1.807) is 10.9 Å². The summed E-state index contributed by atoms with van der Waals surface area (Å²) < 4.78 is 2.18. The van der Waals surface area contributed by atoms with Crippen molar-refractivity contribution in [2.75, 3.05) is 0 Å². The third kappa shape index (κ3) is 3.72. The summed E-state index contributed by atoms with van der Waals surface area (Å²) in [6.07, 6.45) is 7.46. The molecule has 4 nitrogen and oxygen atoms in total. The summed E-state index contributed by atoms with van der Waals surface area (Å²) in [6, 6.07) is 10.1. The molecule has 1 N–H and O–H groups in total. The second-order valence-corrected chi connectivity index (χ2v) is 4.43. The van der Waals surface area contributed by atoms with Crippen LogP contribution in [0.15, 0.2) is 41.5 Å². The summed E-state index contributed by atoms with van der Waals surface area (Å²) in [5.41, 5.74) is 1.14. The second-order valence-electron chi connectivity index (χ2n) is 4.04. The lowest BCUT2D eigenvalue weighted by Crippen LogP contribution is -1.97. The molecule has 2 aromatic rings. The van der Waals surface area contributed by atoms with Crippen LogP contribution in [0.4, 0.5) is 0 Å². The highest BCUT2D eigenvalue weighted by Gasteiger charge is 2.01. The summed E-state index contributed by atoms with van der Waals surface area (Å²) in [5, 5.41) is 11.2. The maximum absolute atomic E-state index is 5.14. The highest BCUT2D eigenvalue weighted by atomic mass is 32.1. The first kappa shape index (κ1) is 13.4. The van der Waals surface area contributed by atoms with Crippen LogP contribution in [0.1, 0.15) is 24.7 Å². The molecular formula is C14H16N4S. The Hall–Kier alpha value is -2.01. The van der Waals surface area contributed by atoms with Crippen molar-refractivity contribution in [2.24, 2.45) is 5.10 Å². The van der Waals surface area contributed by atoms with Gasteiger partial charge in [-0.1, -0.05) is 43.3 Å². The smallest absolute Gasteiger partial charge is 0.216 e. The highest BCUT2D eigenvalue weighted by Crippen LogP contribution is 2.02. The van der Waals surface area contributed by atoms with Crippen LogP contribution in [0.5, 0.6) is 0 Å². The Morgan fingerprint density at radius 2 is 2.16 bits per heavy atom. The summed E-state index contributed by atoms with van der Waals surface area (Å²) in [5.74, 6) is 0.858. The number of H-pyrrole nitrogens is 1. The minimum Gasteiger partial charge on any atom is -0.250 e. The van der Waals surface area contributed by atoms with Gasteiger partial charge < -0.3 is 0 Å². The second kappa shape index (κ2) is 6.80. The quantitative estimate of drug-likeness (QED) is 0.669. The van der Waals surface area contributed by atoms with Crippen molar-refractivity contribution in [3.63, 3.8) is 0 Å². The van der Waals surface area contributed by atoms with Crippen molar-refractivity contribution < 1.29 is 0 Å². The molecule has 0 fully saturated rings. The van der Waals surface area contributed by atoms with Crippen LogP contribution in [0.2, 0.25) is 0 Å². The van der Waals surface area contributed by atoms with E-state index in [9.17, 15) is 0 Å². The van der Waals surface area contributed by atoms with Gasteiger partial charge in [0.1, 0.15) is 0 Å². The number of aromatic nitrogens is 3. The molecule has 1 aromatic heterocycles. The van der Waals surface area contributed by atoms with Crippen molar-refractivity contribution in [3.05, 3.63) is 52.6 Å². The van der Waals surface area contributed by atoms with Crippen LogP contribution in [0.3, 0.4) is 0 Å². The van der Waals surface area contributed by atoms with Gasteiger partial charge in [-0.15, -0.1) is 0 Å². The SMILES string of the molecule is CCCc1n[nH]c(=S)n1/N=C\C=C/c1ccccc1. The zero-order valence-electron chi connectivity index (χ0n) is 10.8. The van der Waals surface area contributed by atoms with E-state index in [1.807, 2.05) is 42.5 Å². The van der Waals surface area contributed by atoms with Gasteiger partial charge in [0.2, 0.25) is 4.77 Å². The molecule has 0 unspecified atom stereocenters. The Bertz CT molecular complexity index is 622. The number of hydrogen-bond donors (Lipinski definition) is 1. The first-order valence-corrected chi connectivity index (χ1v) is 6.64. The molecule has 0 aliphatic rings.